The molecule has 1 atom stereocenters. The van der Waals surface area contributed by atoms with E-state index in [-0.39, 0.29) is 5.75 Å². The normalized spacial score (nSPS) is 22.4. The van der Waals surface area contributed by atoms with E-state index >= 15 is 0 Å². The van der Waals surface area contributed by atoms with E-state index < -0.39 is 11.4 Å². The Balaban J connectivity index is 2.07. The van der Waals surface area contributed by atoms with Crippen LogP contribution in [0.25, 0.3) is 0 Å². The number of benzene rings is 1. The average molecular weight is 293 g/mol. The molecule has 2 N–H and O–H groups in total. The number of methoxy groups -OCH3 is 1. The molecule has 5 nitrogen and oxygen atoms in total. The van der Waals surface area contributed by atoms with E-state index in [2.05, 4.69) is 4.90 Å². The van der Waals surface area contributed by atoms with Crippen molar-refractivity contribution in [3.8, 4) is 11.5 Å². The predicted molar refractivity (Wildman–Crippen MR) is 79.5 cm³/mol. The lowest BCUT2D eigenvalue weighted by Crippen LogP contribution is -2.34. The number of carboxylic acid groups (broad SMARTS) is 1. The zero-order valence-electron chi connectivity index (χ0n) is 12.6. The lowest BCUT2D eigenvalue weighted by molar-refractivity contribution is -0.148. The molecule has 1 saturated heterocycles. The maximum atomic E-state index is 11.6. The number of rotatable bonds is 6. The van der Waals surface area contributed by atoms with Gasteiger partial charge in [0.15, 0.2) is 11.5 Å². The van der Waals surface area contributed by atoms with Gasteiger partial charge >= 0.3 is 5.97 Å². The predicted octanol–water partition coefficient (Wildman–Crippen LogP) is 2.48. The van der Waals surface area contributed by atoms with Gasteiger partial charge in [-0.2, -0.15) is 0 Å². The quantitative estimate of drug-likeness (QED) is 0.843. The Morgan fingerprint density at radius 1 is 1.48 bits per heavy atom. The van der Waals surface area contributed by atoms with Crippen molar-refractivity contribution >= 4 is 5.97 Å². The summed E-state index contributed by atoms with van der Waals surface area (Å²) < 4.78 is 5.11. The molecule has 0 amide bonds. The summed E-state index contributed by atoms with van der Waals surface area (Å²) >= 11 is 0. The van der Waals surface area contributed by atoms with Crippen LogP contribution in [0.4, 0.5) is 0 Å². The highest BCUT2D eigenvalue weighted by Crippen LogP contribution is 2.36. The largest absolute Gasteiger partial charge is 0.504 e. The molecule has 1 aromatic carbocycles. The van der Waals surface area contributed by atoms with Crippen molar-refractivity contribution in [3.05, 3.63) is 23.8 Å². The fourth-order valence-electron chi connectivity index (χ4n) is 3.14. The van der Waals surface area contributed by atoms with Crippen LogP contribution in [0.15, 0.2) is 18.2 Å². The Labute approximate surface area is 125 Å². The lowest BCUT2D eigenvalue weighted by atomic mass is 9.83. The number of aromatic hydroxyl groups is 1. The lowest BCUT2D eigenvalue weighted by Gasteiger charge is -2.24. The highest BCUT2D eigenvalue weighted by atomic mass is 16.5. The minimum Gasteiger partial charge on any atom is -0.504 e. The highest BCUT2D eigenvalue weighted by Gasteiger charge is 2.43. The molecule has 1 aromatic rings. The number of hydrogen-bond acceptors (Lipinski definition) is 4. The average Bonchev–Trinajstić information content (AvgIpc) is 2.86. The minimum absolute atomic E-state index is 0.119. The second kappa shape index (κ2) is 6.35. The van der Waals surface area contributed by atoms with Gasteiger partial charge in [0.05, 0.1) is 12.5 Å². The molecule has 0 aliphatic carbocycles. The van der Waals surface area contributed by atoms with Crippen molar-refractivity contribution in [2.45, 2.75) is 32.7 Å². The van der Waals surface area contributed by atoms with Crippen molar-refractivity contribution in [2.24, 2.45) is 5.41 Å². The molecule has 1 heterocycles. The molecule has 116 valence electrons. The summed E-state index contributed by atoms with van der Waals surface area (Å²) in [6.45, 7) is 4.07. The van der Waals surface area contributed by atoms with Gasteiger partial charge in [-0.1, -0.05) is 19.4 Å². The van der Waals surface area contributed by atoms with E-state index in [9.17, 15) is 15.0 Å². The van der Waals surface area contributed by atoms with Gasteiger partial charge in [0.2, 0.25) is 0 Å². The number of hydrogen-bond donors (Lipinski definition) is 2. The number of aliphatic carboxylic acids is 1. The number of phenols is 1. The first-order chi connectivity index (χ1) is 10.0. The molecular formula is C16H23NO4. The minimum atomic E-state index is -0.685. The van der Waals surface area contributed by atoms with Crippen molar-refractivity contribution in [3.63, 3.8) is 0 Å². The van der Waals surface area contributed by atoms with E-state index in [1.54, 1.807) is 12.1 Å². The van der Waals surface area contributed by atoms with Crippen LogP contribution in [0.2, 0.25) is 0 Å². The van der Waals surface area contributed by atoms with Crippen molar-refractivity contribution < 1.29 is 19.7 Å². The number of carbonyl (C=O) groups is 1. The third kappa shape index (κ3) is 3.29. The van der Waals surface area contributed by atoms with Crippen molar-refractivity contribution in [1.29, 1.82) is 0 Å². The molecule has 0 radical (unpaired) electrons. The van der Waals surface area contributed by atoms with Crippen molar-refractivity contribution in [2.75, 3.05) is 20.2 Å². The second-order valence-electron chi connectivity index (χ2n) is 5.80. The van der Waals surface area contributed by atoms with Gasteiger partial charge in [-0.25, -0.2) is 0 Å². The van der Waals surface area contributed by atoms with E-state index in [0.29, 0.717) is 25.3 Å². The van der Waals surface area contributed by atoms with E-state index in [0.717, 1.165) is 24.9 Å². The van der Waals surface area contributed by atoms with Crippen LogP contribution in [0, 0.1) is 5.41 Å². The third-order valence-electron chi connectivity index (χ3n) is 4.27. The molecule has 1 aliphatic heterocycles. The Morgan fingerprint density at radius 3 is 2.86 bits per heavy atom. The van der Waals surface area contributed by atoms with Crippen LogP contribution < -0.4 is 4.74 Å². The molecule has 0 aromatic heterocycles. The van der Waals surface area contributed by atoms with E-state index in [1.807, 2.05) is 13.0 Å². The number of nitrogens with zero attached hydrogens (tertiary/aromatic N) is 1. The fraction of sp³-hybridized carbons (Fsp3) is 0.562. The highest BCUT2D eigenvalue weighted by molar-refractivity contribution is 5.75. The van der Waals surface area contributed by atoms with Gasteiger partial charge in [-0.3, -0.25) is 9.69 Å². The van der Waals surface area contributed by atoms with Gasteiger partial charge in [0.1, 0.15) is 0 Å². The number of ether oxygens (including phenoxy) is 1. The monoisotopic (exact) mass is 293 g/mol. The zero-order chi connectivity index (χ0) is 15.5. The summed E-state index contributed by atoms with van der Waals surface area (Å²) in [6.07, 6.45) is 2.30. The Hall–Kier alpha value is -1.75. The first-order valence-electron chi connectivity index (χ1n) is 7.32. The van der Waals surface area contributed by atoms with Crippen LogP contribution in [0.1, 0.15) is 31.7 Å². The molecule has 21 heavy (non-hydrogen) atoms. The molecule has 1 aliphatic rings. The standard InChI is InChI=1S/C16H23NO4/c1-3-6-16(15(19)20)7-8-17(11-16)10-12-4-5-13(18)14(9-12)21-2/h4-5,9,18H,3,6-8,10-11H2,1-2H3,(H,19,20). The first kappa shape index (κ1) is 15.6. The molecule has 1 unspecified atom stereocenters. The van der Waals surface area contributed by atoms with Gasteiger partial charge in [-0.05, 0) is 37.1 Å². The Bertz CT molecular complexity index is 517. The fourth-order valence-corrected chi connectivity index (χ4v) is 3.14. The van der Waals surface area contributed by atoms with Gasteiger partial charge < -0.3 is 14.9 Å². The van der Waals surface area contributed by atoms with E-state index in [4.69, 9.17) is 4.74 Å². The summed E-state index contributed by atoms with van der Waals surface area (Å²) in [4.78, 5) is 13.7. The third-order valence-corrected chi connectivity index (χ3v) is 4.27. The van der Waals surface area contributed by atoms with Crippen LogP contribution >= 0.6 is 0 Å². The molecule has 2 rings (SSSR count). The topological polar surface area (TPSA) is 70.0 Å². The Morgan fingerprint density at radius 2 is 2.24 bits per heavy atom. The number of likely N-dealkylation sites (tertiary alicyclic amines) is 1. The van der Waals surface area contributed by atoms with Gasteiger partial charge in [0, 0.05) is 13.1 Å². The molecule has 0 spiro atoms. The van der Waals surface area contributed by atoms with Crippen LogP contribution in [-0.2, 0) is 11.3 Å². The number of phenolic OH excluding ortho intramolecular Hbond substituents is 1. The van der Waals surface area contributed by atoms with Crippen LogP contribution in [-0.4, -0.2) is 41.3 Å². The molecule has 1 fully saturated rings. The second-order valence-corrected chi connectivity index (χ2v) is 5.80. The molecular weight excluding hydrogens is 270 g/mol. The van der Waals surface area contributed by atoms with Crippen LogP contribution in [0.3, 0.4) is 0 Å². The maximum Gasteiger partial charge on any atom is 0.310 e. The summed E-state index contributed by atoms with van der Waals surface area (Å²) in [5.41, 5.74) is 0.415. The number of carboxylic acids is 1. The van der Waals surface area contributed by atoms with E-state index in [1.165, 1.54) is 7.11 Å². The maximum absolute atomic E-state index is 11.6. The first-order valence-corrected chi connectivity index (χ1v) is 7.32. The zero-order valence-corrected chi connectivity index (χ0v) is 12.6. The molecule has 0 bridgehead atoms. The van der Waals surface area contributed by atoms with Crippen LogP contribution in [0.5, 0.6) is 11.5 Å². The molecule has 0 saturated carbocycles. The Kier molecular flexibility index (Phi) is 4.73. The van der Waals surface area contributed by atoms with Gasteiger partial charge in [0.25, 0.3) is 0 Å². The van der Waals surface area contributed by atoms with Crippen molar-refractivity contribution in [1.82, 2.24) is 4.90 Å². The van der Waals surface area contributed by atoms with Gasteiger partial charge in [-0.15, -0.1) is 0 Å². The smallest absolute Gasteiger partial charge is 0.310 e. The summed E-state index contributed by atoms with van der Waals surface area (Å²) in [5, 5.41) is 19.1. The summed E-state index contributed by atoms with van der Waals surface area (Å²) in [6, 6.07) is 5.26. The summed E-state index contributed by atoms with van der Waals surface area (Å²) in [5.74, 6) is -0.117. The summed E-state index contributed by atoms with van der Waals surface area (Å²) in [7, 11) is 1.52. The molecule has 5 heteroatoms. The SMILES string of the molecule is CCCC1(C(=O)O)CCN(Cc2ccc(O)c(OC)c2)C1.